The van der Waals surface area contributed by atoms with E-state index in [2.05, 4.69) is 19.1 Å². The van der Waals surface area contributed by atoms with Crippen LogP contribution >= 0.6 is 12.2 Å². The molecule has 0 bridgehead atoms. The lowest BCUT2D eigenvalue weighted by molar-refractivity contribution is 0.112. The smallest absolute Gasteiger partial charge is 0.0854 e. The predicted molar refractivity (Wildman–Crippen MR) is 39.4 cm³/mol. The highest BCUT2D eigenvalue weighted by Crippen LogP contribution is 1.92. The second-order valence-electron chi connectivity index (χ2n) is 1.54. The van der Waals surface area contributed by atoms with Gasteiger partial charge in [-0.05, 0) is 13.3 Å². The maximum absolute atomic E-state index is 5.18. The Balaban J connectivity index is 3.21. The Hall–Kier alpha value is 0.0500. The number of rotatable bonds is 4. The number of hydrogen-bond acceptors (Lipinski definition) is 2. The van der Waals surface area contributed by atoms with E-state index in [1.165, 1.54) is 0 Å². The molecule has 0 rings (SSSR count). The van der Waals surface area contributed by atoms with Crippen molar-refractivity contribution in [3.63, 3.8) is 0 Å². The molecule has 0 fully saturated rings. The van der Waals surface area contributed by atoms with E-state index < -0.39 is 0 Å². The summed E-state index contributed by atoms with van der Waals surface area (Å²) in [5.74, 6) is 0. The molecule has 0 aliphatic heterocycles. The summed E-state index contributed by atoms with van der Waals surface area (Å²) in [7, 11) is 0. The van der Waals surface area contributed by atoms with Gasteiger partial charge in [-0.25, -0.2) is 0 Å². The van der Waals surface area contributed by atoms with Gasteiger partial charge in [0.15, 0.2) is 0 Å². The summed E-state index contributed by atoms with van der Waals surface area (Å²) in [6.07, 6.45) is 1.17. The Morgan fingerprint density at radius 1 is 1.62 bits per heavy atom. The molecule has 1 unspecified atom stereocenters. The first-order chi connectivity index (χ1) is 3.85. The van der Waals surface area contributed by atoms with Crippen molar-refractivity contribution < 1.29 is 4.74 Å². The van der Waals surface area contributed by atoms with Crippen molar-refractivity contribution in [3.05, 3.63) is 0 Å². The van der Waals surface area contributed by atoms with Crippen molar-refractivity contribution in [2.75, 3.05) is 6.61 Å². The fraction of sp³-hybridized carbons (Fsp3) is 0.833. The van der Waals surface area contributed by atoms with Crippen molar-refractivity contribution in [2.24, 2.45) is 0 Å². The monoisotopic (exact) mass is 132 g/mol. The molecule has 0 aliphatic carbocycles. The van der Waals surface area contributed by atoms with E-state index >= 15 is 0 Å². The lowest BCUT2D eigenvalue weighted by atomic mass is 10.3. The molecule has 0 aromatic heterocycles. The van der Waals surface area contributed by atoms with Crippen LogP contribution in [0.25, 0.3) is 0 Å². The molecule has 0 radical (unpaired) electrons. The summed E-state index contributed by atoms with van der Waals surface area (Å²) in [6.45, 7) is 4.79. The van der Waals surface area contributed by atoms with Gasteiger partial charge in [0, 0.05) is 12.0 Å². The Bertz CT molecular complexity index is 63.5. The zero-order valence-corrected chi connectivity index (χ0v) is 6.20. The second-order valence-corrected chi connectivity index (χ2v) is 1.81. The van der Waals surface area contributed by atoms with Crippen molar-refractivity contribution in [3.8, 4) is 0 Å². The molecule has 48 valence electrons. The van der Waals surface area contributed by atoms with Crippen LogP contribution in [0.1, 0.15) is 20.3 Å². The van der Waals surface area contributed by atoms with Crippen LogP contribution < -0.4 is 0 Å². The SMILES string of the molecule is CCOC(C=S)CC. The molecule has 0 amide bonds. The molecule has 0 N–H and O–H groups in total. The van der Waals surface area contributed by atoms with Gasteiger partial charge in [0.1, 0.15) is 0 Å². The minimum absolute atomic E-state index is 0.190. The summed E-state index contributed by atoms with van der Waals surface area (Å²) < 4.78 is 5.18. The standard InChI is InChI=1S/C6H12OS/c1-3-6(5-8)7-4-2/h5-6H,3-4H2,1-2H3. The summed E-state index contributed by atoms with van der Waals surface area (Å²) in [5.41, 5.74) is 0. The highest BCUT2D eigenvalue weighted by atomic mass is 32.1. The average Bonchev–Trinajstić information content (AvgIpc) is 1.83. The van der Waals surface area contributed by atoms with E-state index in [1.54, 1.807) is 5.37 Å². The summed E-state index contributed by atoms with van der Waals surface area (Å²) >= 11 is 4.69. The molecule has 8 heavy (non-hydrogen) atoms. The third-order valence-corrected chi connectivity index (χ3v) is 1.24. The first-order valence-electron chi connectivity index (χ1n) is 2.92. The Kier molecular flexibility index (Phi) is 5.22. The Labute approximate surface area is 56.0 Å². The number of thiocarbonyl (C=S) groups is 1. The number of ether oxygens (including phenoxy) is 1. The molecule has 2 heteroatoms. The first kappa shape index (κ1) is 8.05. The normalized spacial score (nSPS) is 13.2. The highest BCUT2D eigenvalue weighted by Gasteiger charge is 1.96. The van der Waals surface area contributed by atoms with E-state index in [4.69, 9.17) is 4.74 Å². The molecule has 0 heterocycles. The topological polar surface area (TPSA) is 9.23 Å². The zero-order chi connectivity index (χ0) is 6.41. The predicted octanol–water partition coefficient (Wildman–Crippen LogP) is 1.80. The quantitative estimate of drug-likeness (QED) is 0.539. The van der Waals surface area contributed by atoms with Gasteiger partial charge < -0.3 is 4.74 Å². The molecular formula is C6H12OS. The molecule has 1 nitrogen and oxygen atoms in total. The molecule has 0 aromatic rings. The van der Waals surface area contributed by atoms with Crippen molar-refractivity contribution >= 4 is 17.6 Å². The fourth-order valence-electron chi connectivity index (χ4n) is 0.467. The third-order valence-electron chi connectivity index (χ3n) is 0.935. The van der Waals surface area contributed by atoms with Gasteiger partial charge in [-0.3, -0.25) is 0 Å². The minimum atomic E-state index is 0.190. The molecule has 0 spiro atoms. The van der Waals surface area contributed by atoms with E-state index in [1.807, 2.05) is 6.92 Å². The number of hydrogen-bond donors (Lipinski definition) is 0. The van der Waals surface area contributed by atoms with E-state index in [9.17, 15) is 0 Å². The maximum atomic E-state index is 5.18. The van der Waals surface area contributed by atoms with Crippen molar-refractivity contribution in [1.82, 2.24) is 0 Å². The fourth-order valence-corrected chi connectivity index (χ4v) is 0.738. The van der Waals surface area contributed by atoms with E-state index in [-0.39, 0.29) is 6.10 Å². The molecular weight excluding hydrogens is 120 g/mol. The van der Waals surface area contributed by atoms with Gasteiger partial charge in [0.25, 0.3) is 0 Å². The highest BCUT2D eigenvalue weighted by molar-refractivity contribution is 7.79. The minimum Gasteiger partial charge on any atom is -0.374 e. The van der Waals surface area contributed by atoms with Crippen molar-refractivity contribution in [1.29, 1.82) is 0 Å². The van der Waals surface area contributed by atoms with Gasteiger partial charge in [-0.1, -0.05) is 19.1 Å². The van der Waals surface area contributed by atoms with Crippen LogP contribution in [-0.2, 0) is 4.74 Å². The van der Waals surface area contributed by atoms with Gasteiger partial charge in [0.05, 0.1) is 6.10 Å². The summed E-state index contributed by atoms with van der Waals surface area (Å²) in [5, 5.41) is 1.67. The maximum Gasteiger partial charge on any atom is 0.0854 e. The van der Waals surface area contributed by atoms with Crippen molar-refractivity contribution in [2.45, 2.75) is 26.4 Å². The molecule has 0 aliphatic rings. The molecule has 0 saturated carbocycles. The Morgan fingerprint density at radius 3 is 2.38 bits per heavy atom. The molecule has 0 saturated heterocycles. The Morgan fingerprint density at radius 2 is 2.25 bits per heavy atom. The average molecular weight is 132 g/mol. The van der Waals surface area contributed by atoms with Crippen LogP contribution in [0.15, 0.2) is 0 Å². The van der Waals surface area contributed by atoms with Crippen LogP contribution in [0, 0.1) is 0 Å². The van der Waals surface area contributed by atoms with Crippen LogP contribution in [0.5, 0.6) is 0 Å². The van der Waals surface area contributed by atoms with E-state index in [0.29, 0.717) is 0 Å². The lowest BCUT2D eigenvalue weighted by Crippen LogP contribution is -2.11. The molecule has 0 aromatic carbocycles. The largest absolute Gasteiger partial charge is 0.374 e. The third kappa shape index (κ3) is 3.10. The van der Waals surface area contributed by atoms with Crippen LogP contribution in [-0.4, -0.2) is 18.1 Å². The van der Waals surface area contributed by atoms with Gasteiger partial charge in [-0.2, -0.15) is 0 Å². The van der Waals surface area contributed by atoms with Crippen LogP contribution in [0.4, 0.5) is 0 Å². The molecule has 1 atom stereocenters. The lowest BCUT2D eigenvalue weighted by Gasteiger charge is -2.06. The second kappa shape index (κ2) is 5.19. The summed E-state index contributed by atoms with van der Waals surface area (Å²) in [4.78, 5) is 0. The van der Waals surface area contributed by atoms with Crippen LogP contribution in [0.3, 0.4) is 0 Å². The van der Waals surface area contributed by atoms with Gasteiger partial charge in [0.2, 0.25) is 0 Å². The van der Waals surface area contributed by atoms with Gasteiger partial charge in [-0.15, -0.1) is 0 Å². The summed E-state index contributed by atoms with van der Waals surface area (Å²) in [6, 6.07) is 0. The van der Waals surface area contributed by atoms with Gasteiger partial charge >= 0.3 is 0 Å². The van der Waals surface area contributed by atoms with Crippen LogP contribution in [0.2, 0.25) is 0 Å². The zero-order valence-electron chi connectivity index (χ0n) is 5.39. The first-order valence-corrected chi connectivity index (χ1v) is 3.39. The van der Waals surface area contributed by atoms with E-state index in [0.717, 1.165) is 13.0 Å².